The van der Waals surface area contributed by atoms with E-state index in [2.05, 4.69) is 24.1 Å². The fraction of sp³-hybridized carbons (Fsp3) is 0.750. The van der Waals surface area contributed by atoms with Crippen LogP contribution in [0.4, 0.5) is 13.2 Å². The highest BCUT2D eigenvalue weighted by Gasteiger charge is 2.35. The van der Waals surface area contributed by atoms with Crippen molar-refractivity contribution in [2.45, 2.75) is 45.8 Å². The van der Waals surface area contributed by atoms with Gasteiger partial charge in [0.05, 0.1) is 0 Å². The van der Waals surface area contributed by atoms with Crippen LogP contribution in [0.2, 0.25) is 0 Å². The van der Waals surface area contributed by atoms with Gasteiger partial charge in [-0.05, 0) is 18.9 Å². The fourth-order valence-corrected chi connectivity index (χ4v) is 2.98. The van der Waals surface area contributed by atoms with E-state index in [1.54, 1.807) is 0 Å². The number of aromatic nitrogens is 1. The molecule has 2 atom stereocenters. The Labute approximate surface area is 110 Å². The van der Waals surface area contributed by atoms with Crippen LogP contribution in [0.3, 0.4) is 0 Å². The van der Waals surface area contributed by atoms with Crippen LogP contribution >= 0.6 is 11.3 Å². The van der Waals surface area contributed by atoms with Crippen molar-refractivity contribution in [3.8, 4) is 0 Å². The Morgan fingerprint density at radius 2 is 2.06 bits per heavy atom. The quantitative estimate of drug-likeness (QED) is 0.842. The topological polar surface area (TPSA) is 24.9 Å². The first-order valence-electron chi connectivity index (χ1n) is 6.16. The van der Waals surface area contributed by atoms with Crippen molar-refractivity contribution >= 4 is 11.3 Å². The zero-order chi connectivity index (χ0) is 13.8. The molecule has 0 fully saturated rings. The minimum Gasteiger partial charge on any atom is -0.309 e. The Bertz CT molecular complexity index is 362. The molecule has 1 aromatic rings. The third kappa shape index (κ3) is 3.95. The van der Waals surface area contributed by atoms with E-state index in [0.29, 0.717) is 10.8 Å². The minimum absolute atomic E-state index is 0.0384. The van der Waals surface area contributed by atoms with E-state index in [4.69, 9.17) is 0 Å². The van der Waals surface area contributed by atoms with Crippen LogP contribution in [0.1, 0.15) is 49.5 Å². The summed E-state index contributed by atoms with van der Waals surface area (Å²) < 4.78 is 37.6. The fourth-order valence-electron chi connectivity index (χ4n) is 1.99. The lowest BCUT2D eigenvalue weighted by molar-refractivity contribution is -0.137. The van der Waals surface area contributed by atoms with E-state index in [-0.39, 0.29) is 6.04 Å². The molecule has 6 heteroatoms. The molecule has 1 rings (SSSR count). The van der Waals surface area contributed by atoms with Crippen molar-refractivity contribution in [3.05, 3.63) is 16.1 Å². The maximum Gasteiger partial charge on any atom is 0.443 e. The van der Waals surface area contributed by atoms with Gasteiger partial charge in [0.1, 0.15) is 0 Å². The minimum atomic E-state index is -4.34. The SMILES string of the molecule is CCCC(C)C(NCC)c1cnc(C(F)(F)F)s1. The Hall–Kier alpha value is -0.620. The van der Waals surface area contributed by atoms with Gasteiger partial charge in [0, 0.05) is 17.1 Å². The van der Waals surface area contributed by atoms with Crippen LogP contribution in [0, 0.1) is 5.92 Å². The van der Waals surface area contributed by atoms with E-state index in [9.17, 15) is 13.2 Å². The second-order valence-electron chi connectivity index (χ2n) is 4.37. The summed E-state index contributed by atoms with van der Waals surface area (Å²) >= 11 is 0.743. The van der Waals surface area contributed by atoms with Gasteiger partial charge in [-0.2, -0.15) is 13.2 Å². The first kappa shape index (κ1) is 15.4. The van der Waals surface area contributed by atoms with E-state index in [0.717, 1.165) is 30.7 Å². The maximum atomic E-state index is 12.5. The van der Waals surface area contributed by atoms with Gasteiger partial charge in [-0.3, -0.25) is 0 Å². The predicted octanol–water partition coefficient (Wildman–Crippen LogP) is 4.25. The van der Waals surface area contributed by atoms with Crippen molar-refractivity contribution < 1.29 is 13.2 Å². The smallest absolute Gasteiger partial charge is 0.309 e. The third-order valence-electron chi connectivity index (χ3n) is 2.81. The summed E-state index contributed by atoms with van der Waals surface area (Å²) in [6, 6.07) is -0.0384. The molecule has 104 valence electrons. The lowest BCUT2D eigenvalue weighted by Gasteiger charge is -2.23. The Balaban J connectivity index is 2.89. The zero-order valence-corrected chi connectivity index (χ0v) is 11.7. The van der Waals surface area contributed by atoms with Crippen LogP contribution < -0.4 is 5.32 Å². The number of rotatable bonds is 6. The summed E-state index contributed by atoms with van der Waals surface area (Å²) in [6.45, 7) is 6.83. The molecule has 0 aromatic carbocycles. The van der Waals surface area contributed by atoms with Crippen LogP contribution in [0.15, 0.2) is 6.20 Å². The molecule has 0 aliphatic rings. The van der Waals surface area contributed by atoms with Crippen LogP contribution in [0.25, 0.3) is 0 Å². The van der Waals surface area contributed by atoms with Gasteiger partial charge < -0.3 is 5.32 Å². The molecule has 1 aromatic heterocycles. The number of hydrogen-bond donors (Lipinski definition) is 1. The van der Waals surface area contributed by atoms with Crippen molar-refractivity contribution in [3.63, 3.8) is 0 Å². The number of alkyl halides is 3. The molecular weight excluding hydrogens is 261 g/mol. The number of nitrogens with zero attached hydrogens (tertiary/aromatic N) is 1. The Morgan fingerprint density at radius 3 is 2.50 bits per heavy atom. The highest BCUT2D eigenvalue weighted by Crippen LogP contribution is 2.36. The summed E-state index contributed by atoms with van der Waals surface area (Å²) in [4.78, 5) is 4.16. The van der Waals surface area contributed by atoms with Gasteiger partial charge in [-0.25, -0.2) is 4.98 Å². The van der Waals surface area contributed by atoms with Gasteiger partial charge in [0.15, 0.2) is 5.01 Å². The van der Waals surface area contributed by atoms with Gasteiger partial charge >= 0.3 is 6.18 Å². The molecule has 0 radical (unpaired) electrons. The largest absolute Gasteiger partial charge is 0.443 e. The van der Waals surface area contributed by atoms with Gasteiger partial charge in [-0.1, -0.05) is 27.2 Å². The van der Waals surface area contributed by atoms with Gasteiger partial charge in [0.2, 0.25) is 0 Å². The molecule has 0 saturated heterocycles. The monoisotopic (exact) mass is 280 g/mol. The summed E-state index contributed by atoms with van der Waals surface area (Å²) in [7, 11) is 0. The normalized spacial score (nSPS) is 15.7. The molecule has 0 aliphatic heterocycles. The highest BCUT2D eigenvalue weighted by atomic mass is 32.1. The summed E-state index contributed by atoms with van der Waals surface area (Å²) in [5.41, 5.74) is 0. The first-order chi connectivity index (χ1) is 8.40. The van der Waals surface area contributed by atoms with E-state index in [1.165, 1.54) is 6.20 Å². The van der Waals surface area contributed by atoms with E-state index in [1.807, 2.05) is 6.92 Å². The molecule has 0 aliphatic carbocycles. The number of nitrogens with one attached hydrogen (secondary N) is 1. The predicted molar refractivity (Wildman–Crippen MR) is 67.6 cm³/mol. The molecule has 0 bridgehead atoms. The number of hydrogen-bond acceptors (Lipinski definition) is 3. The molecule has 0 amide bonds. The molecular formula is C12H19F3N2S. The van der Waals surface area contributed by atoms with E-state index < -0.39 is 11.2 Å². The van der Waals surface area contributed by atoms with Crippen LogP contribution in [0.5, 0.6) is 0 Å². The van der Waals surface area contributed by atoms with Crippen molar-refractivity contribution in [2.75, 3.05) is 6.54 Å². The second-order valence-corrected chi connectivity index (χ2v) is 5.43. The number of thiazole rings is 1. The lowest BCUT2D eigenvalue weighted by Crippen LogP contribution is -2.26. The Kier molecular flexibility index (Phi) is 5.59. The average Bonchev–Trinajstić information content (AvgIpc) is 2.74. The first-order valence-corrected chi connectivity index (χ1v) is 6.98. The van der Waals surface area contributed by atoms with Crippen molar-refractivity contribution in [2.24, 2.45) is 5.92 Å². The summed E-state index contributed by atoms with van der Waals surface area (Å²) in [5, 5.41) is 2.49. The average molecular weight is 280 g/mol. The molecule has 1 heterocycles. The number of halogens is 3. The summed E-state index contributed by atoms with van der Waals surface area (Å²) in [5.74, 6) is 0.302. The maximum absolute atomic E-state index is 12.5. The Morgan fingerprint density at radius 1 is 1.39 bits per heavy atom. The highest BCUT2D eigenvalue weighted by molar-refractivity contribution is 7.11. The standard InChI is InChI=1S/C12H19F3N2S/c1-4-6-8(3)10(16-5-2)9-7-17-11(18-9)12(13,14)15/h7-8,10,16H,4-6H2,1-3H3. The zero-order valence-electron chi connectivity index (χ0n) is 10.8. The third-order valence-corrected chi connectivity index (χ3v) is 3.93. The molecule has 0 saturated carbocycles. The van der Waals surface area contributed by atoms with Crippen LogP contribution in [-0.2, 0) is 6.18 Å². The lowest BCUT2D eigenvalue weighted by atomic mass is 9.96. The summed E-state index contributed by atoms with van der Waals surface area (Å²) in [6.07, 6.45) is -0.981. The van der Waals surface area contributed by atoms with Crippen molar-refractivity contribution in [1.29, 1.82) is 0 Å². The van der Waals surface area contributed by atoms with Gasteiger partial charge in [-0.15, -0.1) is 11.3 Å². The van der Waals surface area contributed by atoms with Crippen molar-refractivity contribution in [1.82, 2.24) is 10.3 Å². The molecule has 2 unspecified atom stereocenters. The molecule has 0 spiro atoms. The van der Waals surface area contributed by atoms with E-state index >= 15 is 0 Å². The second kappa shape index (κ2) is 6.52. The molecule has 2 nitrogen and oxygen atoms in total. The molecule has 1 N–H and O–H groups in total. The molecule has 18 heavy (non-hydrogen) atoms. The van der Waals surface area contributed by atoms with Crippen LogP contribution in [-0.4, -0.2) is 11.5 Å². The van der Waals surface area contributed by atoms with Gasteiger partial charge in [0.25, 0.3) is 0 Å².